The average Bonchev–Trinajstić information content (AvgIpc) is 2.28. The van der Waals surface area contributed by atoms with Crippen LogP contribution in [0, 0.1) is 5.92 Å². The first kappa shape index (κ1) is 12.5. The highest BCUT2D eigenvalue weighted by molar-refractivity contribution is 5.81. The number of amides is 1. The van der Waals surface area contributed by atoms with E-state index in [4.69, 9.17) is 5.73 Å². The maximum atomic E-state index is 11.9. The number of rotatable bonds is 4. The second-order valence-electron chi connectivity index (χ2n) is 4.57. The smallest absolute Gasteiger partial charge is 0.239 e. The molecule has 1 atom stereocenters. The molecule has 0 aromatic rings. The number of carbonyl (C=O) groups is 1. The zero-order valence-corrected chi connectivity index (χ0v) is 10.0. The highest BCUT2D eigenvalue weighted by Crippen LogP contribution is 2.20. The molecular formula is C12H24N2O. The van der Waals surface area contributed by atoms with E-state index in [1.807, 2.05) is 4.90 Å². The SMILES string of the molecule is CCC[C@@H](N)C(=O)N1CCC(CC)CC1. The molecule has 0 aliphatic carbocycles. The van der Waals surface area contributed by atoms with E-state index in [1.165, 1.54) is 6.42 Å². The van der Waals surface area contributed by atoms with Gasteiger partial charge in [-0.3, -0.25) is 4.79 Å². The van der Waals surface area contributed by atoms with E-state index in [2.05, 4.69) is 13.8 Å². The Bertz CT molecular complexity index is 198. The van der Waals surface area contributed by atoms with Gasteiger partial charge >= 0.3 is 0 Å². The fraction of sp³-hybridized carbons (Fsp3) is 0.917. The van der Waals surface area contributed by atoms with E-state index in [0.29, 0.717) is 0 Å². The van der Waals surface area contributed by atoms with Gasteiger partial charge in [-0.1, -0.05) is 26.7 Å². The largest absolute Gasteiger partial charge is 0.341 e. The zero-order valence-electron chi connectivity index (χ0n) is 10.0. The minimum atomic E-state index is -0.270. The molecule has 1 heterocycles. The molecule has 1 amide bonds. The van der Waals surface area contributed by atoms with Crippen LogP contribution in [-0.2, 0) is 4.79 Å². The summed E-state index contributed by atoms with van der Waals surface area (Å²) in [5, 5.41) is 0. The van der Waals surface area contributed by atoms with Gasteiger partial charge in [0.2, 0.25) is 5.91 Å². The summed E-state index contributed by atoms with van der Waals surface area (Å²) in [5.41, 5.74) is 5.83. The Morgan fingerprint density at radius 2 is 2.00 bits per heavy atom. The fourth-order valence-corrected chi connectivity index (χ4v) is 2.23. The minimum Gasteiger partial charge on any atom is -0.341 e. The molecule has 3 nitrogen and oxygen atoms in total. The standard InChI is InChI=1S/C12H24N2O/c1-3-5-11(13)12(15)14-8-6-10(4-2)7-9-14/h10-11H,3-9,13H2,1-2H3/t11-/m1/s1. The Labute approximate surface area is 93.0 Å². The quantitative estimate of drug-likeness (QED) is 0.772. The monoisotopic (exact) mass is 212 g/mol. The van der Waals surface area contributed by atoms with Crippen molar-refractivity contribution in [2.45, 2.75) is 52.0 Å². The van der Waals surface area contributed by atoms with Crippen molar-refractivity contribution in [3.8, 4) is 0 Å². The van der Waals surface area contributed by atoms with Gasteiger partial charge in [0, 0.05) is 13.1 Å². The van der Waals surface area contributed by atoms with E-state index in [1.54, 1.807) is 0 Å². The topological polar surface area (TPSA) is 46.3 Å². The summed E-state index contributed by atoms with van der Waals surface area (Å²) in [7, 11) is 0. The summed E-state index contributed by atoms with van der Waals surface area (Å²) in [6.07, 6.45) is 5.34. The van der Waals surface area contributed by atoms with Gasteiger partial charge in [0.25, 0.3) is 0 Å². The molecule has 1 saturated heterocycles. The Balaban J connectivity index is 2.35. The predicted molar refractivity (Wildman–Crippen MR) is 62.5 cm³/mol. The number of likely N-dealkylation sites (tertiary alicyclic amines) is 1. The maximum absolute atomic E-state index is 11.9. The van der Waals surface area contributed by atoms with Crippen LogP contribution in [0.15, 0.2) is 0 Å². The van der Waals surface area contributed by atoms with Crippen molar-refractivity contribution in [1.29, 1.82) is 0 Å². The van der Waals surface area contributed by atoms with Gasteiger partial charge in [-0.2, -0.15) is 0 Å². The average molecular weight is 212 g/mol. The molecule has 0 saturated carbocycles. The lowest BCUT2D eigenvalue weighted by Crippen LogP contribution is -2.47. The van der Waals surface area contributed by atoms with Gasteiger partial charge in [0.05, 0.1) is 6.04 Å². The first-order chi connectivity index (χ1) is 7.19. The van der Waals surface area contributed by atoms with Gasteiger partial charge in [-0.05, 0) is 25.2 Å². The summed E-state index contributed by atoms with van der Waals surface area (Å²) >= 11 is 0. The maximum Gasteiger partial charge on any atom is 0.239 e. The summed E-state index contributed by atoms with van der Waals surface area (Å²) in [6.45, 7) is 6.12. The highest BCUT2D eigenvalue weighted by Gasteiger charge is 2.24. The molecule has 15 heavy (non-hydrogen) atoms. The van der Waals surface area contributed by atoms with Crippen LogP contribution in [0.25, 0.3) is 0 Å². The van der Waals surface area contributed by atoms with Gasteiger partial charge < -0.3 is 10.6 Å². The van der Waals surface area contributed by atoms with Crippen molar-refractivity contribution >= 4 is 5.91 Å². The number of nitrogens with zero attached hydrogens (tertiary/aromatic N) is 1. The van der Waals surface area contributed by atoms with Crippen LogP contribution < -0.4 is 5.73 Å². The van der Waals surface area contributed by atoms with Crippen LogP contribution in [0.2, 0.25) is 0 Å². The summed E-state index contributed by atoms with van der Waals surface area (Å²) in [6, 6.07) is -0.270. The third-order valence-electron chi connectivity index (χ3n) is 3.42. The van der Waals surface area contributed by atoms with Crippen molar-refractivity contribution < 1.29 is 4.79 Å². The molecular weight excluding hydrogens is 188 g/mol. The highest BCUT2D eigenvalue weighted by atomic mass is 16.2. The number of hydrogen-bond acceptors (Lipinski definition) is 2. The van der Waals surface area contributed by atoms with Crippen LogP contribution in [0.3, 0.4) is 0 Å². The zero-order chi connectivity index (χ0) is 11.3. The Morgan fingerprint density at radius 3 is 2.47 bits per heavy atom. The van der Waals surface area contributed by atoms with E-state index in [0.717, 1.165) is 44.7 Å². The van der Waals surface area contributed by atoms with Gasteiger partial charge in [-0.15, -0.1) is 0 Å². The van der Waals surface area contributed by atoms with Crippen molar-refractivity contribution in [2.24, 2.45) is 11.7 Å². The summed E-state index contributed by atoms with van der Waals surface area (Å²) in [5.74, 6) is 0.975. The van der Waals surface area contributed by atoms with Gasteiger partial charge in [0.1, 0.15) is 0 Å². The van der Waals surface area contributed by atoms with Gasteiger partial charge in [0.15, 0.2) is 0 Å². The number of carbonyl (C=O) groups excluding carboxylic acids is 1. The van der Waals surface area contributed by atoms with E-state index in [9.17, 15) is 4.79 Å². The molecule has 1 aliphatic rings. The Hall–Kier alpha value is -0.570. The Kier molecular flexibility index (Phi) is 5.09. The molecule has 1 fully saturated rings. The van der Waals surface area contributed by atoms with Crippen LogP contribution in [0.1, 0.15) is 46.0 Å². The summed E-state index contributed by atoms with van der Waals surface area (Å²) < 4.78 is 0. The first-order valence-electron chi connectivity index (χ1n) is 6.23. The summed E-state index contributed by atoms with van der Waals surface area (Å²) in [4.78, 5) is 13.8. The lowest BCUT2D eigenvalue weighted by molar-refractivity contribution is -0.134. The van der Waals surface area contributed by atoms with Crippen molar-refractivity contribution in [1.82, 2.24) is 4.90 Å². The molecule has 88 valence electrons. The molecule has 1 rings (SSSR count). The molecule has 0 spiro atoms. The second-order valence-corrected chi connectivity index (χ2v) is 4.57. The third-order valence-corrected chi connectivity index (χ3v) is 3.42. The number of nitrogens with two attached hydrogens (primary N) is 1. The normalized spacial score (nSPS) is 20.3. The van der Waals surface area contributed by atoms with Crippen LogP contribution in [0.4, 0.5) is 0 Å². The lowest BCUT2D eigenvalue weighted by atomic mass is 9.94. The molecule has 2 N–H and O–H groups in total. The van der Waals surface area contributed by atoms with Gasteiger partial charge in [-0.25, -0.2) is 0 Å². The van der Waals surface area contributed by atoms with Crippen LogP contribution in [0.5, 0.6) is 0 Å². The molecule has 0 aromatic carbocycles. The van der Waals surface area contributed by atoms with E-state index in [-0.39, 0.29) is 11.9 Å². The molecule has 3 heteroatoms. The second kappa shape index (κ2) is 6.11. The van der Waals surface area contributed by atoms with E-state index < -0.39 is 0 Å². The number of piperidine rings is 1. The van der Waals surface area contributed by atoms with Crippen LogP contribution in [-0.4, -0.2) is 29.9 Å². The third kappa shape index (κ3) is 3.49. The molecule has 0 unspecified atom stereocenters. The van der Waals surface area contributed by atoms with Crippen molar-refractivity contribution in [2.75, 3.05) is 13.1 Å². The minimum absolute atomic E-state index is 0.159. The predicted octanol–water partition coefficient (Wildman–Crippen LogP) is 1.76. The van der Waals surface area contributed by atoms with Crippen LogP contribution >= 0.6 is 0 Å². The fourth-order valence-electron chi connectivity index (χ4n) is 2.23. The molecule has 0 aromatic heterocycles. The molecule has 0 radical (unpaired) electrons. The Morgan fingerprint density at radius 1 is 1.40 bits per heavy atom. The molecule has 0 bridgehead atoms. The van der Waals surface area contributed by atoms with E-state index >= 15 is 0 Å². The molecule has 1 aliphatic heterocycles. The van der Waals surface area contributed by atoms with Crippen molar-refractivity contribution in [3.05, 3.63) is 0 Å². The van der Waals surface area contributed by atoms with Crippen molar-refractivity contribution in [3.63, 3.8) is 0 Å². The number of hydrogen-bond donors (Lipinski definition) is 1. The first-order valence-corrected chi connectivity index (χ1v) is 6.23. The lowest BCUT2D eigenvalue weighted by Gasteiger charge is -2.33.